The average Bonchev–Trinajstić information content (AvgIpc) is 2.57. The van der Waals surface area contributed by atoms with Crippen molar-refractivity contribution >= 4 is 33.3 Å². The van der Waals surface area contributed by atoms with Gasteiger partial charge in [-0.15, -0.1) is 0 Å². The Kier molecular flexibility index (Phi) is 6.13. The van der Waals surface area contributed by atoms with Crippen LogP contribution in [0, 0.1) is 0 Å². The number of carbonyl (C=O) groups excluding carboxylic acids is 1. The normalized spacial score (nSPS) is 10.7. The number of H-pyrrole nitrogens is 1. The van der Waals surface area contributed by atoms with Gasteiger partial charge in [0.05, 0.1) is 5.56 Å². The van der Waals surface area contributed by atoms with Crippen molar-refractivity contribution in [3.05, 3.63) is 49.3 Å². The Labute approximate surface area is 152 Å². The van der Waals surface area contributed by atoms with Crippen LogP contribution in [0.4, 0.5) is 11.5 Å². The number of pyridine rings is 1. The van der Waals surface area contributed by atoms with Crippen LogP contribution >= 0.6 is 15.9 Å². The maximum absolute atomic E-state index is 12.8. The third-order valence-corrected chi connectivity index (χ3v) is 4.17. The lowest BCUT2D eigenvalue weighted by molar-refractivity contribution is 0.0987. The van der Waals surface area contributed by atoms with Gasteiger partial charge in [0.15, 0.2) is 5.69 Å². The molecule has 3 N–H and O–H groups in total. The number of hydrogen-bond acceptors (Lipinski definition) is 5. The SMILES string of the molecule is CCCCn1c(N)c(N(CC)C(=O)c2cncc(Br)c2)c(=O)[nH]c1=O. The second-order valence-electron chi connectivity index (χ2n) is 5.44. The summed E-state index contributed by atoms with van der Waals surface area (Å²) in [6, 6.07) is 1.61. The number of unbranched alkanes of at least 4 members (excludes halogenated alkanes) is 1. The van der Waals surface area contributed by atoms with E-state index < -0.39 is 17.2 Å². The Hall–Kier alpha value is -2.42. The molecule has 2 aromatic heterocycles. The molecule has 1 amide bonds. The quantitative estimate of drug-likeness (QED) is 0.753. The number of carbonyl (C=O) groups is 1. The first-order valence-corrected chi connectivity index (χ1v) is 8.75. The third kappa shape index (κ3) is 3.98. The van der Waals surface area contributed by atoms with E-state index in [1.165, 1.54) is 15.7 Å². The Morgan fingerprint density at radius 3 is 2.68 bits per heavy atom. The Bertz CT molecular complexity index is 890. The molecule has 25 heavy (non-hydrogen) atoms. The lowest BCUT2D eigenvalue weighted by Gasteiger charge is -2.23. The first-order chi connectivity index (χ1) is 11.9. The van der Waals surface area contributed by atoms with Gasteiger partial charge in [0, 0.05) is 30.0 Å². The number of nitrogens with one attached hydrogen (secondary N) is 1. The highest BCUT2D eigenvalue weighted by atomic mass is 79.9. The van der Waals surface area contributed by atoms with Crippen LogP contribution in [0.25, 0.3) is 0 Å². The molecule has 0 unspecified atom stereocenters. The molecule has 0 saturated heterocycles. The minimum Gasteiger partial charge on any atom is -0.383 e. The van der Waals surface area contributed by atoms with Crippen molar-refractivity contribution in [2.45, 2.75) is 33.2 Å². The summed E-state index contributed by atoms with van der Waals surface area (Å²) in [6.07, 6.45) is 4.55. The van der Waals surface area contributed by atoms with E-state index in [4.69, 9.17) is 5.73 Å². The van der Waals surface area contributed by atoms with Gasteiger partial charge in [-0.25, -0.2) is 4.79 Å². The molecule has 0 atom stereocenters. The lowest BCUT2D eigenvalue weighted by Crippen LogP contribution is -2.41. The number of nitrogens with zero attached hydrogens (tertiary/aromatic N) is 3. The van der Waals surface area contributed by atoms with E-state index in [1.807, 2.05) is 6.92 Å². The van der Waals surface area contributed by atoms with Crippen LogP contribution in [0.1, 0.15) is 37.0 Å². The zero-order chi connectivity index (χ0) is 18.6. The van der Waals surface area contributed by atoms with E-state index in [-0.39, 0.29) is 18.1 Å². The van der Waals surface area contributed by atoms with Gasteiger partial charge < -0.3 is 10.6 Å². The Morgan fingerprint density at radius 2 is 2.08 bits per heavy atom. The maximum atomic E-state index is 12.8. The van der Waals surface area contributed by atoms with Crippen molar-refractivity contribution in [1.82, 2.24) is 14.5 Å². The van der Waals surface area contributed by atoms with Crippen LogP contribution in [-0.4, -0.2) is 27.0 Å². The summed E-state index contributed by atoms with van der Waals surface area (Å²) in [5.41, 5.74) is 5.09. The third-order valence-electron chi connectivity index (χ3n) is 3.73. The van der Waals surface area contributed by atoms with Gasteiger partial charge in [-0.2, -0.15) is 0 Å². The fourth-order valence-electron chi connectivity index (χ4n) is 2.46. The van der Waals surface area contributed by atoms with Crippen molar-refractivity contribution in [3.63, 3.8) is 0 Å². The van der Waals surface area contributed by atoms with Crippen molar-refractivity contribution < 1.29 is 4.79 Å². The van der Waals surface area contributed by atoms with Gasteiger partial charge in [0.1, 0.15) is 5.82 Å². The number of aromatic amines is 1. The molecule has 134 valence electrons. The summed E-state index contributed by atoms with van der Waals surface area (Å²) >= 11 is 3.26. The zero-order valence-corrected chi connectivity index (χ0v) is 15.7. The summed E-state index contributed by atoms with van der Waals surface area (Å²) in [5.74, 6) is -0.436. The molecular weight excluding hydrogens is 390 g/mol. The summed E-state index contributed by atoms with van der Waals surface area (Å²) in [7, 11) is 0. The van der Waals surface area contributed by atoms with Gasteiger partial charge in [-0.05, 0) is 35.3 Å². The summed E-state index contributed by atoms with van der Waals surface area (Å²) in [4.78, 5) is 44.6. The minimum atomic E-state index is -0.687. The second kappa shape index (κ2) is 8.11. The zero-order valence-electron chi connectivity index (χ0n) is 14.1. The molecule has 0 saturated carbocycles. The largest absolute Gasteiger partial charge is 0.383 e. The van der Waals surface area contributed by atoms with Crippen LogP contribution in [-0.2, 0) is 6.54 Å². The number of nitrogens with two attached hydrogens (primary N) is 1. The molecule has 0 aromatic carbocycles. The van der Waals surface area contributed by atoms with Crippen molar-refractivity contribution in [3.8, 4) is 0 Å². The highest BCUT2D eigenvalue weighted by Crippen LogP contribution is 2.20. The van der Waals surface area contributed by atoms with Gasteiger partial charge in [-0.3, -0.25) is 24.1 Å². The fraction of sp³-hybridized carbons (Fsp3) is 0.375. The topological polar surface area (TPSA) is 114 Å². The molecule has 0 aliphatic heterocycles. The number of rotatable bonds is 6. The first-order valence-electron chi connectivity index (χ1n) is 7.95. The van der Waals surface area contributed by atoms with Gasteiger partial charge in [-0.1, -0.05) is 13.3 Å². The number of aromatic nitrogens is 3. The van der Waals surface area contributed by atoms with Crippen LogP contribution in [0.15, 0.2) is 32.5 Å². The minimum absolute atomic E-state index is 0.0136. The van der Waals surface area contributed by atoms with Gasteiger partial charge >= 0.3 is 5.69 Å². The predicted octanol–water partition coefficient (Wildman–Crippen LogP) is 1.74. The summed E-state index contributed by atoms with van der Waals surface area (Å²) in [5, 5.41) is 0. The van der Waals surface area contributed by atoms with Crippen LogP contribution in [0.5, 0.6) is 0 Å². The van der Waals surface area contributed by atoms with Crippen molar-refractivity contribution in [2.24, 2.45) is 0 Å². The van der Waals surface area contributed by atoms with Crippen LogP contribution in [0.3, 0.4) is 0 Å². The van der Waals surface area contributed by atoms with E-state index in [2.05, 4.69) is 25.9 Å². The molecule has 0 fully saturated rings. The van der Waals surface area contributed by atoms with E-state index in [9.17, 15) is 14.4 Å². The Morgan fingerprint density at radius 1 is 1.36 bits per heavy atom. The summed E-state index contributed by atoms with van der Waals surface area (Å²) in [6.45, 7) is 4.29. The van der Waals surface area contributed by atoms with Crippen molar-refractivity contribution in [1.29, 1.82) is 0 Å². The molecule has 2 heterocycles. The molecule has 0 radical (unpaired) electrons. The maximum Gasteiger partial charge on any atom is 0.330 e. The lowest BCUT2D eigenvalue weighted by atomic mass is 10.2. The molecule has 0 spiro atoms. The molecule has 9 heteroatoms. The second-order valence-corrected chi connectivity index (χ2v) is 6.36. The monoisotopic (exact) mass is 409 g/mol. The molecule has 2 rings (SSSR count). The van der Waals surface area contributed by atoms with Crippen LogP contribution in [0.2, 0.25) is 0 Å². The van der Waals surface area contributed by atoms with Crippen LogP contribution < -0.4 is 21.9 Å². The molecule has 0 bridgehead atoms. The van der Waals surface area contributed by atoms with E-state index >= 15 is 0 Å². The average molecular weight is 410 g/mol. The van der Waals surface area contributed by atoms with Gasteiger partial charge in [0.25, 0.3) is 11.5 Å². The summed E-state index contributed by atoms with van der Waals surface area (Å²) < 4.78 is 1.93. The van der Waals surface area contributed by atoms with E-state index in [0.717, 1.165) is 12.8 Å². The molecule has 8 nitrogen and oxygen atoms in total. The Balaban J connectivity index is 2.55. The number of amides is 1. The number of hydrogen-bond donors (Lipinski definition) is 2. The molecule has 2 aromatic rings. The number of anilines is 2. The highest BCUT2D eigenvalue weighted by molar-refractivity contribution is 9.10. The first kappa shape index (κ1) is 18.9. The predicted molar refractivity (Wildman–Crippen MR) is 99.9 cm³/mol. The van der Waals surface area contributed by atoms with E-state index in [1.54, 1.807) is 19.2 Å². The smallest absolute Gasteiger partial charge is 0.330 e. The van der Waals surface area contributed by atoms with Gasteiger partial charge in [0.2, 0.25) is 0 Å². The van der Waals surface area contributed by atoms with E-state index in [0.29, 0.717) is 16.6 Å². The van der Waals surface area contributed by atoms with Crippen molar-refractivity contribution in [2.75, 3.05) is 17.2 Å². The standard InChI is InChI=1S/C16H20BrN5O3/c1-3-5-6-22-13(18)12(14(23)20-16(22)25)21(4-2)15(24)10-7-11(17)9-19-8-10/h7-9H,3-6,18H2,1-2H3,(H,20,23,25). The number of nitrogen functional groups attached to an aromatic ring is 1. The molecule has 0 aliphatic rings. The molecular formula is C16H20BrN5O3. The fourth-order valence-corrected chi connectivity index (χ4v) is 2.83. The highest BCUT2D eigenvalue weighted by Gasteiger charge is 2.24. The molecule has 0 aliphatic carbocycles. The number of halogens is 1.